The van der Waals surface area contributed by atoms with Crippen LogP contribution in [-0.4, -0.2) is 18.6 Å². The van der Waals surface area contributed by atoms with Crippen LogP contribution in [0.1, 0.15) is 44.7 Å². The van der Waals surface area contributed by atoms with E-state index in [0.29, 0.717) is 0 Å². The average molecular weight is 234 g/mol. The Hall–Kier alpha value is -1.09. The van der Waals surface area contributed by atoms with Crippen molar-refractivity contribution in [3.63, 3.8) is 0 Å². The van der Waals surface area contributed by atoms with E-state index in [1.54, 1.807) is 7.11 Å². The van der Waals surface area contributed by atoms with Gasteiger partial charge in [-0.15, -0.1) is 0 Å². The van der Waals surface area contributed by atoms with Gasteiger partial charge in [0.15, 0.2) is 0 Å². The molecule has 1 unspecified atom stereocenters. The van der Waals surface area contributed by atoms with Gasteiger partial charge in [0, 0.05) is 6.20 Å². The van der Waals surface area contributed by atoms with Crippen LogP contribution in [-0.2, 0) is 5.54 Å². The van der Waals surface area contributed by atoms with Crippen molar-refractivity contribution in [2.24, 2.45) is 0 Å². The third-order valence-corrected chi connectivity index (χ3v) is 3.79. The van der Waals surface area contributed by atoms with Crippen molar-refractivity contribution in [3.8, 4) is 5.75 Å². The molecule has 1 saturated heterocycles. The van der Waals surface area contributed by atoms with Crippen LogP contribution in [0.15, 0.2) is 18.3 Å². The van der Waals surface area contributed by atoms with E-state index < -0.39 is 0 Å². The lowest BCUT2D eigenvalue weighted by molar-refractivity contribution is 0.286. The molecule has 0 spiro atoms. The summed E-state index contributed by atoms with van der Waals surface area (Å²) in [6, 6.07) is 3.94. The summed E-state index contributed by atoms with van der Waals surface area (Å²) in [5.74, 6) is 0.906. The van der Waals surface area contributed by atoms with Gasteiger partial charge in [0.1, 0.15) is 11.4 Å². The van der Waals surface area contributed by atoms with Crippen molar-refractivity contribution in [3.05, 3.63) is 24.0 Å². The van der Waals surface area contributed by atoms with Crippen molar-refractivity contribution >= 4 is 0 Å². The van der Waals surface area contributed by atoms with Crippen LogP contribution in [0.4, 0.5) is 0 Å². The summed E-state index contributed by atoms with van der Waals surface area (Å²) in [6.45, 7) is 3.31. The van der Waals surface area contributed by atoms with Crippen LogP contribution in [0.2, 0.25) is 0 Å². The van der Waals surface area contributed by atoms with Gasteiger partial charge in [0.2, 0.25) is 0 Å². The molecule has 3 nitrogen and oxygen atoms in total. The van der Waals surface area contributed by atoms with E-state index in [2.05, 4.69) is 17.2 Å². The molecule has 94 valence electrons. The van der Waals surface area contributed by atoms with Crippen molar-refractivity contribution in [1.82, 2.24) is 10.3 Å². The molecule has 2 heterocycles. The second kappa shape index (κ2) is 5.50. The Balaban J connectivity index is 2.38. The van der Waals surface area contributed by atoms with Crippen LogP contribution in [0, 0.1) is 0 Å². The summed E-state index contributed by atoms with van der Waals surface area (Å²) in [5, 5.41) is 3.69. The maximum absolute atomic E-state index is 5.46. The van der Waals surface area contributed by atoms with Crippen molar-refractivity contribution in [2.75, 3.05) is 13.7 Å². The fourth-order valence-electron chi connectivity index (χ4n) is 2.73. The Kier molecular flexibility index (Phi) is 4.00. The van der Waals surface area contributed by atoms with E-state index in [4.69, 9.17) is 4.74 Å². The minimum atomic E-state index is 0.00308. The minimum absolute atomic E-state index is 0.00308. The van der Waals surface area contributed by atoms with Crippen LogP contribution >= 0.6 is 0 Å². The number of hydrogen-bond acceptors (Lipinski definition) is 3. The lowest BCUT2D eigenvalue weighted by atomic mass is 9.86. The van der Waals surface area contributed by atoms with Crippen molar-refractivity contribution in [2.45, 2.75) is 44.6 Å². The molecule has 2 rings (SSSR count). The molecule has 1 atom stereocenters. The van der Waals surface area contributed by atoms with Gasteiger partial charge in [-0.3, -0.25) is 4.98 Å². The predicted molar refractivity (Wildman–Crippen MR) is 69.2 cm³/mol. The van der Waals surface area contributed by atoms with E-state index in [0.717, 1.165) is 30.8 Å². The molecule has 0 radical (unpaired) electrons. The third-order valence-electron chi connectivity index (χ3n) is 3.79. The van der Waals surface area contributed by atoms with Gasteiger partial charge in [0.25, 0.3) is 0 Å². The standard InChI is InChI=1S/C14H22N2O/c1-3-14(9-5-4-6-11-16-14)13-12(17-2)8-7-10-15-13/h7-8,10,16H,3-6,9,11H2,1-2H3. The van der Waals surface area contributed by atoms with E-state index in [9.17, 15) is 0 Å². The molecule has 0 aromatic carbocycles. The highest BCUT2D eigenvalue weighted by Gasteiger charge is 2.34. The summed E-state index contributed by atoms with van der Waals surface area (Å²) in [6.07, 6.45) is 7.90. The van der Waals surface area contributed by atoms with Gasteiger partial charge in [0.05, 0.1) is 12.6 Å². The number of nitrogens with one attached hydrogen (secondary N) is 1. The Bertz CT molecular complexity index is 357. The molecule has 0 saturated carbocycles. The van der Waals surface area contributed by atoms with Crippen molar-refractivity contribution < 1.29 is 4.74 Å². The second-order valence-corrected chi connectivity index (χ2v) is 4.73. The fraction of sp³-hybridized carbons (Fsp3) is 0.643. The first-order valence-corrected chi connectivity index (χ1v) is 6.57. The number of rotatable bonds is 3. The highest BCUT2D eigenvalue weighted by Crippen LogP contribution is 2.36. The number of aromatic nitrogens is 1. The lowest BCUT2D eigenvalue weighted by Crippen LogP contribution is -2.42. The Morgan fingerprint density at radius 1 is 1.41 bits per heavy atom. The largest absolute Gasteiger partial charge is 0.495 e. The molecule has 1 aromatic heterocycles. The van der Waals surface area contributed by atoms with Crippen LogP contribution < -0.4 is 10.1 Å². The van der Waals surface area contributed by atoms with Gasteiger partial charge in [-0.25, -0.2) is 0 Å². The molecule has 3 heteroatoms. The van der Waals surface area contributed by atoms with Gasteiger partial charge in [-0.2, -0.15) is 0 Å². The van der Waals surface area contributed by atoms with E-state index in [-0.39, 0.29) is 5.54 Å². The van der Waals surface area contributed by atoms with Crippen LogP contribution in [0.5, 0.6) is 5.75 Å². The zero-order valence-electron chi connectivity index (χ0n) is 10.8. The van der Waals surface area contributed by atoms with Gasteiger partial charge in [-0.05, 0) is 37.9 Å². The molecule has 1 aromatic rings. The van der Waals surface area contributed by atoms with Crippen LogP contribution in [0.3, 0.4) is 0 Å². The number of hydrogen-bond donors (Lipinski definition) is 1. The maximum atomic E-state index is 5.46. The first-order valence-electron chi connectivity index (χ1n) is 6.57. The first kappa shape index (κ1) is 12.4. The third kappa shape index (κ3) is 2.44. The molecule has 1 N–H and O–H groups in total. The molecule has 0 aliphatic carbocycles. The molecule has 1 aliphatic rings. The Morgan fingerprint density at radius 2 is 2.29 bits per heavy atom. The predicted octanol–water partition coefficient (Wildman–Crippen LogP) is 2.86. The van der Waals surface area contributed by atoms with E-state index in [1.165, 1.54) is 19.3 Å². The maximum Gasteiger partial charge on any atom is 0.142 e. The highest BCUT2D eigenvalue weighted by molar-refractivity contribution is 5.33. The SMILES string of the molecule is CCC1(c2ncccc2OC)CCCCCN1. The summed E-state index contributed by atoms with van der Waals surface area (Å²) in [5.41, 5.74) is 1.08. The molecule has 0 amide bonds. The molecule has 0 bridgehead atoms. The first-order chi connectivity index (χ1) is 8.32. The molecular formula is C14H22N2O. The molecule has 1 aliphatic heterocycles. The number of pyridine rings is 1. The quantitative estimate of drug-likeness (QED) is 0.873. The normalized spacial score (nSPS) is 25.3. The Labute approximate surface area is 104 Å². The number of nitrogens with zero attached hydrogens (tertiary/aromatic N) is 1. The zero-order chi connectivity index (χ0) is 12.1. The van der Waals surface area contributed by atoms with Gasteiger partial charge < -0.3 is 10.1 Å². The molecular weight excluding hydrogens is 212 g/mol. The fourth-order valence-corrected chi connectivity index (χ4v) is 2.73. The summed E-state index contributed by atoms with van der Waals surface area (Å²) >= 11 is 0. The lowest BCUT2D eigenvalue weighted by Gasteiger charge is -2.33. The Morgan fingerprint density at radius 3 is 3.06 bits per heavy atom. The summed E-state index contributed by atoms with van der Waals surface area (Å²) in [4.78, 5) is 4.57. The van der Waals surface area contributed by atoms with E-state index >= 15 is 0 Å². The summed E-state index contributed by atoms with van der Waals surface area (Å²) < 4.78 is 5.46. The van der Waals surface area contributed by atoms with Crippen LogP contribution in [0.25, 0.3) is 0 Å². The topological polar surface area (TPSA) is 34.1 Å². The second-order valence-electron chi connectivity index (χ2n) is 4.73. The number of methoxy groups -OCH3 is 1. The highest BCUT2D eigenvalue weighted by atomic mass is 16.5. The van der Waals surface area contributed by atoms with E-state index in [1.807, 2.05) is 18.3 Å². The number of ether oxygens (including phenoxy) is 1. The monoisotopic (exact) mass is 234 g/mol. The molecule has 17 heavy (non-hydrogen) atoms. The molecule has 1 fully saturated rings. The van der Waals surface area contributed by atoms with Crippen molar-refractivity contribution in [1.29, 1.82) is 0 Å². The van der Waals surface area contributed by atoms with Gasteiger partial charge in [-0.1, -0.05) is 19.8 Å². The average Bonchev–Trinajstić information content (AvgIpc) is 2.65. The zero-order valence-corrected chi connectivity index (χ0v) is 10.8. The summed E-state index contributed by atoms with van der Waals surface area (Å²) in [7, 11) is 1.72. The van der Waals surface area contributed by atoms with Gasteiger partial charge >= 0.3 is 0 Å². The minimum Gasteiger partial charge on any atom is -0.495 e. The smallest absolute Gasteiger partial charge is 0.142 e.